The molecule has 2 amide bonds. The summed E-state index contributed by atoms with van der Waals surface area (Å²) in [7, 11) is 1.80. The average molecular weight is 292 g/mol. The first kappa shape index (κ1) is 14.3. The van der Waals surface area contributed by atoms with E-state index in [2.05, 4.69) is 16.2 Å². The first-order valence-corrected chi connectivity index (χ1v) is 6.66. The zero-order chi connectivity index (χ0) is 14.5. The van der Waals surface area contributed by atoms with E-state index in [0.29, 0.717) is 18.0 Å². The molecule has 7 heteroatoms. The molecule has 1 fully saturated rings. The molecular weight excluding hydrogens is 276 g/mol. The molecule has 1 saturated heterocycles. The fraction of sp³-hybridized carbons (Fsp3) is 0.308. The maximum atomic E-state index is 11.8. The van der Waals surface area contributed by atoms with Crippen molar-refractivity contribution in [2.75, 3.05) is 11.9 Å². The summed E-state index contributed by atoms with van der Waals surface area (Å²) in [5.41, 5.74) is 6.10. The average Bonchev–Trinajstić information content (AvgIpc) is 2.91. The highest BCUT2D eigenvalue weighted by molar-refractivity contribution is 7.80. The fourth-order valence-corrected chi connectivity index (χ4v) is 2.02. The van der Waals surface area contributed by atoms with Gasteiger partial charge in [-0.3, -0.25) is 20.4 Å². The van der Waals surface area contributed by atoms with Gasteiger partial charge in [0.25, 0.3) is 5.91 Å². The molecule has 106 valence electrons. The number of hydrogen-bond donors (Lipinski definition) is 3. The van der Waals surface area contributed by atoms with Crippen molar-refractivity contribution >= 4 is 34.8 Å². The first-order valence-electron chi connectivity index (χ1n) is 6.26. The maximum absolute atomic E-state index is 11.8. The van der Waals surface area contributed by atoms with Gasteiger partial charge in [0, 0.05) is 19.2 Å². The molecule has 0 unspecified atom stereocenters. The highest BCUT2D eigenvalue weighted by Crippen LogP contribution is 2.10. The van der Waals surface area contributed by atoms with Crippen molar-refractivity contribution in [1.82, 2.24) is 16.2 Å². The molecule has 0 bridgehead atoms. The van der Waals surface area contributed by atoms with E-state index >= 15 is 0 Å². The highest BCUT2D eigenvalue weighted by Gasteiger charge is 2.27. The van der Waals surface area contributed by atoms with Crippen LogP contribution in [0.4, 0.5) is 5.69 Å². The minimum atomic E-state index is -0.486. The Kier molecular flexibility index (Phi) is 4.52. The van der Waals surface area contributed by atoms with E-state index in [-0.39, 0.29) is 11.8 Å². The standard InChI is InChI=1S/C13H16N4O2S/c1-17(9-5-3-2-4-6-9)13(20)16-15-12(19)10-7-8-11(18)14-10/h2-6,10H,7-8H2,1H3,(H,14,18)(H,15,19)(H,16,20)/t10-/m1/s1. The number of carbonyl (C=O) groups excluding carboxylic acids is 2. The number of rotatable bonds is 2. The topological polar surface area (TPSA) is 73.5 Å². The first-order chi connectivity index (χ1) is 9.58. The molecule has 1 aromatic rings. The normalized spacial score (nSPS) is 17.2. The van der Waals surface area contributed by atoms with Crippen LogP contribution in [-0.2, 0) is 9.59 Å². The van der Waals surface area contributed by atoms with Crippen LogP contribution in [0.5, 0.6) is 0 Å². The molecular formula is C13H16N4O2S. The Morgan fingerprint density at radius 3 is 2.65 bits per heavy atom. The van der Waals surface area contributed by atoms with Crippen LogP contribution in [0.25, 0.3) is 0 Å². The van der Waals surface area contributed by atoms with Crippen LogP contribution in [-0.4, -0.2) is 30.0 Å². The lowest BCUT2D eigenvalue weighted by Crippen LogP contribution is -2.52. The number of anilines is 1. The van der Waals surface area contributed by atoms with Gasteiger partial charge in [-0.15, -0.1) is 0 Å². The van der Waals surface area contributed by atoms with Crippen molar-refractivity contribution in [2.45, 2.75) is 18.9 Å². The van der Waals surface area contributed by atoms with Gasteiger partial charge in [0.1, 0.15) is 6.04 Å². The molecule has 0 aromatic heterocycles. The quantitative estimate of drug-likeness (QED) is 0.540. The monoisotopic (exact) mass is 292 g/mol. The smallest absolute Gasteiger partial charge is 0.260 e. The summed E-state index contributed by atoms with van der Waals surface area (Å²) in [6.45, 7) is 0. The van der Waals surface area contributed by atoms with E-state index < -0.39 is 6.04 Å². The second kappa shape index (κ2) is 6.33. The number of thiocarbonyl (C=S) groups is 1. The number of nitrogens with one attached hydrogen (secondary N) is 3. The van der Waals surface area contributed by atoms with Crippen molar-refractivity contribution in [3.05, 3.63) is 30.3 Å². The Morgan fingerprint density at radius 2 is 2.05 bits per heavy atom. The zero-order valence-electron chi connectivity index (χ0n) is 11.1. The van der Waals surface area contributed by atoms with E-state index in [0.717, 1.165) is 5.69 Å². The molecule has 6 nitrogen and oxygen atoms in total. The molecule has 1 heterocycles. The second-order valence-electron chi connectivity index (χ2n) is 4.47. The van der Waals surface area contributed by atoms with Crippen LogP contribution in [0.15, 0.2) is 30.3 Å². The van der Waals surface area contributed by atoms with E-state index in [1.165, 1.54) is 0 Å². The summed E-state index contributed by atoms with van der Waals surface area (Å²) < 4.78 is 0. The van der Waals surface area contributed by atoms with Crippen molar-refractivity contribution in [3.8, 4) is 0 Å². The molecule has 1 atom stereocenters. The SMILES string of the molecule is CN(C(=S)NNC(=O)[C@H]1CCC(=O)N1)c1ccccc1. The van der Waals surface area contributed by atoms with Crippen LogP contribution in [0.2, 0.25) is 0 Å². The number of nitrogens with zero attached hydrogens (tertiary/aromatic N) is 1. The second-order valence-corrected chi connectivity index (χ2v) is 4.86. The summed E-state index contributed by atoms with van der Waals surface area (Å²) in [4.78, 5) is 24.6. The summed E-state index contributed by atoms with van der Waals surface area (Å²) in [6, 6.07) is 9.06. The molecule has 1 aliphatic heterocycles. The van der Waals surface area contributed by atoms with Crippen LogP contribution in [0, 0.1) is 0 Å². The Labute approximate surface area is 122 Å². The number of carbonyl (C=O) groups is 2. The number of para-hydroxylation sites is 1. The third-order valence-electron chi connectivity index (χ3n) is 3.05. The van der Waals surface area contributed by atoms with E-state index in [1.807, 2.05) is 30.3 Å². The molecule has 20 heavy (non-hydrogen) atoms. The highest BCUT2D eigenvalue weighted by atomic mass is 32.1. The Bertz CT molecular complexity index is 520. The number of hydrazine groups is 1. The van der Waals surface area contributed by atoms with Crippen molar-refractivity contribution in [2.24, 2.45) is 0 Å². The number of benzene rings is 1. The molecule has 0 aliphatic carbocycles. The van der Waals surface area contributed by atoms with Crippen molar-refractivity contribution in [1.29, 1.82) is 0 Å². The van der Waals surface area contributed by atoms with Gasteiger partial charge >= 0.3 is 0 Å². The predicted molar refractivity (Wildman–Crippen MR) is 79.9 cm³/mol. The van der Waals surface area contributed by atoms with Gasteiger partial charge in [-0.25, -0.2) is 0 Å². The largest absolute Gasteiger partial charge is 0.344 e. The van der Waals surface area contributed by atoms with Gasteiger partial charge in [-0.05, 0) is 30.8 Å². The zero-order valence-corrected chi connectivity index (χ0v) is 11.9. The third kappa shape index (κ3) is 3.45. The third-order valence-corrected chi connectivity index (χ3v) is 3.43. The molecule has 0 radical (unpaired) electrons. The lowest BCUT2D eigenvalue weighted by molar-refractivity contribution is -0.126. The fourth-order valence-electron chi connectivity index (χ4n) is 1.87. The van der Waals surface area contributed by atoms with Crippen LogP contribution >= 0.6 is 12.2 Å². The van der Waals surface area contributed by atoms with Crippen molar-refractivity contribution in [3.63, 3.8) is 0 Å². The molecule has 1 aliphatic rings. The van der Waals surface area contributed by atoms with Gasteiger partial charge in [0.05, 0.1) is 0 Å². The van der Waals surface area contributed by atoms with Gasteiger partial charge in [-0.1, -0.05) is 18.2 Å². The Morgan fingerprint density at radius 1 is 1.35 bits per heavy atom. The van der Waals surface area contributed by atoms with E-state index in [1.54, 1.807) is 11.9 Å². The Hall–Kier alpha value is -2.15. The van der Waals surface area contributed by atoms with Crippen molar-refractivity contribution < 1.29 is 9.59 Å². The molecule has 3 N–H and O–H groups in total. The van der Waals surface area contributed by atoms with Gasteiger partial charge in [-0.2, -0.15) is 0 Å². The molecule has 2 rings (SSSR count). The molecule has 0 saturated carbocycles. The minimum Gasteiger partial charge on any atom is -0.344 e. The molecule has 1 aromatic carbocycles. The lowest BCUT2D eigenvalue weighted by atomic mass is 10.2. The van der Waals surface area contributed by atoms with Gasteiger partial charge in [0.2, 0.25) is 5.91 Å². The number of hydrogen-bond acceptors (Lipinski definition) is 3. The van der Waals surface area contributed by atoms with Crippen LogP contribution in [0.3, 0.4) is 0 Å². The molecule has 0 spiro atoms. The van der Waals surface area contributed by atoms with E-state index in [4.69, 9.17) is 12.2 Å². The maximum Gasteiger partial charge on any atom is 0.260 e. The van der Waals surface area contributed by atoms with Gasteiger partial charge in [0.15, 0.2) is 5.11 Å². The van der Waals surface area contributed by atoms with Crippen LogP contribution in [0.1, 0.15) is 12.8 Å². The summed E-state index contributed by atoms with van der Waals surface area (Å²) >= 11 is 5.19. The predicted octanol–water partition coefficient (Wildman–Crippen LogP) is 0.307. The Balaban J connectivity index is 1.83. The van der Waals surface area contributed by atoms with Crippen LogP contribution < -0.4 is 21.1 Å². The number of amides is 2. The van der Waals surface area contributed by atoms with Gasteiger partial charge < -0.3 is 10.2 Å². The summed E-state index contributed by atoms with van der Waals surface area (Å²) in [5, 5.41) is 2.96. The minimum absolute atomic E-state index is 0.103. The lowest BCUT2D eigenvalue weighted by Gasteiger charge is -2.22. The summed E-state index contributed by atoms with van der Waals surface area (Å²) in [6.07, 6.45) is 0.889. The van der Waals surface area contributed by atoms with E-state index in [9.17, 15) is 9.59 Å². The summed E-state index contributed by atoms with van der Waals surface area (Å²) in [5.74, 6) is -0.395.